The van der Waals surface area contributed by atoms with Crippen molar-refractivity contribution in [2.75, 3.05) is 19.0 Å². The van der Waals surface area contributed by atoms with Gasteiger partial charge in [0.1, 0.15) is 0 Å². The molecule has 7 nitrogen and oxygen atoms in total. The molecule has 0 radical (unpaired) electrons. The van der Waals surface area contributed by atoms with E-state index >= 15 is 0 Å². The van der Waals surface area contributed by atoms with Crippen LogP contribution in [0.3, 0.4) is 0 Å². The van der Waals surface area contributed by atoms with Crippen LogP contribution < -0.4 is 20.1 Å². The van der Waals surface area contributed by atoms with Crippen molar-refractivity contribution in [1.29, 1.82) is 0 Å². The molecule has 2 amide bonds. The van der Waals surface area contributed by atoms with Crippen LogP contribution in [0.5, 0.6) is 11.5 Å². The summed E-state index contributed by atoms with van der Waals surface area (Å²) in [7, 11) is 1.65. The average molecular weight is 474 g/mol. The highest BCUT2D eigenvalue weighted by Gasteiger charge is 2.31. The molecule has 2 N–H and O–H groups in total. The standard InChI is InChI=1S/C28H31N3O4/c1-34-25-11-8-18(15-26(25)35-23-6-2-3-7-23)21-13-20(28(33)30-17-21)16-27(32)31-22-9-10-24-19(14-22)5-4-12-29-24/h4-5,8-12,14-15,20-21,23H,2-3,6-7,13,16-17H2,1H3,(H,30,33)(H,31,32)/t20?,21-/m1/s1. The smallest absolute Gasteiger partial charge is 0.225 e. The van der Waals surface area contributed by atoms with E-state index in [1.54, 1.807) is 13.3 Å². The summed E-state index contributed by atoms with van der Waals surface area (Å²) in [5.74, 6) is 0.950. The van der Waals surface area contributed by atoms with Crippen LogP contribution in [0.15, 0.2) is 54.7 Å². The van der Waals surface area contributed by atoms with Crippen molar-refractivity contribution in [3.8, 4) is 11.5 Å². The van der Waals surface area contributed by atoms with Crippen LogP contribution >= 0.6 is 0 Å². The molecule has 5 rings (SSSR count). The fourth-order valence-electron chi connectivity index (χ4n) is 5.15. The number of ether oxygens (including phenoxy) is 2. The number of pyridine rings is 1. The molecule has 1 aromatic heterocycles. The molecule has 1 saturated heterocycles. The largest absolute Gasteiger partial charge is 0.493 e. The normalized spacial score (nSPS) is 20.4. The summed E-state index contributed by atoms with van der Waals surface area (Å²) in [5, 5.41) is 6.89. The third-order valence-electron chi connectivity index (χ3n) is 7.04. The van der Waals surface area contributed by atoms with Gasteiger partial charge in [0.05, 0.1) is 18.7 Å². The Hall–Kier alpha value is -3.61. The van der Waals surface area contributed by atoms with E-state index in [1.807, 2.05) is 48.5 Å². The summed E-state index contributed by atoms with van der Waals surface area (Å²) in [4.78, 5) is 29.7. The minimum atomic E-state index is -0.392. The van der Waals surface area contributed by atoms with E-state index in [4.69, 9.17) is 9.47 Å². The van der Waals surface area contributed by atoms with Gasteiger partial charge < -0.3 is 20.1 Å². The zero-order valence-electron chi connectivity index (χ0n) is 20.0. The number of hydrogen-bond donors (Lipinski definition) is 2. The minimum absolute atomic E-state index is 0.0740. The van der Waals surface area contributed by atoms with Crippen LogP contribution in [0, 0.1) is 5.92 Å². The molecule has 35 heavy (non-hydrogen) atoms. The van der Waals surface area contributed by atoms with E-state index in [0.29, 0.717) is 18.7 Å². The van der Waals surface area contributed by atoms with E-state index in [-0.39, 0.29) is 30.3 Å². The molecule has 2 heterocycles. The van der Waals surface area contributed by atoms with Crippen molar-refractivity contribution in [3.05, 3.63) is 60.3 Å². The molecule has 1 saturated carbocycles. The van der Waals surface area contributed by atoms with E-state index < -0.39 is 5.92 Å². The highest BCUT2D eigenvalue weighted by atomic mass is 16.5. The zero-order chi connectivity index (χ0) is 24.2. The van der Waals surface area contributed by atoms with Gasteiger partial charge in [0, 0.05) is 42.1 Å². The Morgan fingerprint density at radius 1 is 1.11 bits per heavy atom. The lowest BCUT2D eigenvalue weighted by Crippen LogP contribution is -2.42. The second kappa shape index (κ2) is 10.3. The number of nitrogens with one attached hydrogen (secondary N) is 2. The number of benzene rings is 2. The fraction of sp³-hybridized carbons (Fsp3) is 0.393. The Morgan fingerprint density at radius 2 is 1.97 bits per heavy atom. The lowest BCUT2D eigenvalue weighted by atomic mass is 9.83. The van der Waals surface area contributed by atoms with Gasteiger partial charge in [-0.05, 0) is 74.1 Å². The summed E-state index contributed by atoms with van der Waals surface area (Å²) >= 11 is 0. The Kier molecular flexibility index (Phi) is 6.84. The van der Waals surface area contributed by atoms with Gasteiger partial charge in [-0.1, -0.05) is 12.1 Å². The molecular formula is C28H31N3O4. The van der Waals surface area contributed by atoms with Gasteiger partial charge in [-0.15, -0.1) is 0 Å². The van der Waals surface area contributed by atoms with E-state index in [9.17, 15) is 9.59 Å². The van der Waals surface area contributed by atoms with Crippen molar-refractivity contribution in [2.24, 2.45) is 5.92 Å². The number of carbonyl (C=O) groups excluding carboxylic acids is 2. The van der Waals surface area contributed by atoms with E-state index in [0.717, 1.165) is 40.8 Å². The summed E-state index contributed by atoms with van der Waals surface area (Å²) in [5.41, 5.74) is 2.66. The van der Waals surface area contributed by atoms with Gasteiger partial charge in [0.25, 0.3) is 0 Å². The Bertz CT molecular complexity index is 1220. The molecule has 1 aliphatic heterocycles. The van der Waals surface area contributed by atoms with Crippen molar-refractivity contribution >= 4 is 28.4 Å². The molecule has 1 aliphatic carbocycles. The summed E-state index contributed by atoms with van der Waals surface area (Å²) in [6.07, 6.45) is 7.24. The summed E-state index contributed by atoms with van der Waals surface area (Å²) < 4.78 is 11.8. The highest BCUT2D eigenvalue weighted by Crippen LogP contribution is 2.37. The van der Waals surface area contributed by atoms with Crippen LogP contribution in [0.1, 0.15) is 50.0 Å². The molecule has 3 aromatic rings. The number of piperidine rings is 1. The minimum Gasteiger partial charge on any atom is -0.493 e. The molecule has 2 atom stereocenters. The number of amides is 2. The second-order valence-corrected chi connectivity index (χ2v) is 9.47. The van der Waals surface area contributed by atoms with Crippen molar-refractivity contribution in [3.63, 3.8) is 0 Å². The third kappa shape index (κ3) is 5.39. The SMILES string of the molecule is COc1ccc([C@H]2CNC(=O)C(CC(=O)Nc3ccc4ncccc4c3)C2)cc1OC1CCCC1. The number of carbonyl (C=O) groups is 2. The molecule has 1 unspecified atom stereocenters. The van der Waals surface area contributed by atoms with Crippen molar-refractivity contribution in [1.82, 2.24) is 10.3 Å². The monoisotopic (exact) mass is 473 g/mol. The molecule has 7 heteroatoms. The third-order valence-corrected chi connectivity index (χ3v) is 7.04. The number of rotatable bonds is 7. The predicted octanol–water partition coefficient (Wildman–Crippen LogP) is 4.81. The number of hydrogen-bond acceptors (Lipinski definition) is 5. The van der Waals surface area contributed by atoms with Gasteiger partial charge in [-0.25, -0.2) is 0 Å². The van der Waals surface area contributed by atoms with Gasteiger partial charge in [0.15, 0.2) is 11.5 Å². The maximum absolute atomic E-state index is 12.8. The first-order valence-electron chi connectivity index (χ1n) is 12.4. The average Bonchev–Trinajstić information content (AvgIpc) is 3.38. The van der Waals surface area contributed by atoms with Crippen LogP contribution in [0.25, 0.3) is 10.9 Å². The van der Waals surface area contributed by atoms with Gasteiger partial charge in [0.2, 0.25) is 11.8 Å². The van der Waals surface area contributed by atoms with E-state index in [1.165, 1.54) is 12.8 Å². The number of methoxy groups -OCH3 is 1. The quantitative estimate of drug-likeness (QED) is 0.514. The maximum Gasteiger partial charge on any atom is 0.225 e. The van der Waals surface area contributed by atoms with Crippen LogP contribution in [0.4, 0.5) is 5.69 Å². The summed E-state index contributed by atoms with van der Waals surface area (Å²) in [6, 6.07) is 15.4. The molecule has 2 aromatic carbocycles. The Morgan fingerprint density at radius 3 is 2.80 bits per heavy atom. The van der Waals surface area contributed by atoms with Crippen LogP contribution in [0.2, 0.25) is 0 Å². The topological polar surface area (TPSA) is 89.5 Å². The number of anilines is 1. The Labute approximate surface area is 205 Å². The highest BCUT2D eigenvalue weighted by molar-refractivity contribution is 5.96. The van der Waals surface area contributed by atoms with Gasteiger partial charge in [-0.2, -0.15) is 0 Å². The first kappa shape index (κ1) is 23.1. The van der Waals surface area contributed by atoms with Gasteiger partial charge >= 0.3 is 0 Å². The van der Waals surface area contributed by atoms with Crippen LogP contribution in [-0.4, -0.2) is 36.6 Å². The van der Waals surface area contributed by atoms with Crippen LogP contribution in [-0.2, 0) is 9.59 Å². The molecule has 0 bridgehead atoms. The number of nitrogens with zero attached hydrogens (tertiary/aromatic N) is 1. The number of fused-ring (bicyclic) bond motifs is 1. The number of aromatic nitrogens is 1. The molecule has 2 fully saturated rings. The lowest BCUT2D eigenvalue weighted by Gasteiger charge is -2.30. The predicted molar refractivity (Wildman–Crippen MR) is 135 cm³/mol. The lowest BCUT2D eigenvalue weighted by molar-refractivity contribution is -0.130. The zero-order valence-corrected chi connectivity index (χ0v) is 20.0. The first-order valence-corrected chi connectivity index (χ1v) is 12.4. The Balaban J connectivity index is 1.25. The fourth-order valence-corrected chi connectivity index (χ4v) is 5.15. The second-order valence-electron chi connectivity index (χ2n) is 9.47. The molecule has 2 aliphatic rings. The van der Waals surface area contributed by atoms with Crippen molar-refractivity contribution < 1.29 is 19.1 Å². The molecular weight excluding hydrogens is 442 g/mol. The van der Waals surface area contributed by atoms with Crippen molar-refractivity contribution in [2.45, 2.75) is 50.5 Å². The molecule has 0 spiro atoms. The first-order chi connectivity index (χ1) is 17.1. The van der Waals surface area contributed by atoms with E-state index in [2.05, 4.69) is 15.6 Å². The summed E-state index contributed by atoms with van der Waals surface area (Å²) in [6.45, 7) is 0.545. The van der Waals surface area contributed by atoms with Gasteiger partial charge in [-0.3, -0.25) is 14.6 Å². The molecule has 182 valence electrons. The maximum atomic E-state index is 12.8.